The molecule has 3 rings (SSSR count). The number of fused-ring (bicyclic) bond motifs is 3. The minimum Gasteiger partial charge on any atom is -0.368 e. The Labute approximate surface area is 111 Å². The van der Waals surface area contributed by atoms with Gasteiger partial charge in [0.05, 0.1) is 5.39 Å². The minimum absolute atomic E-state index is 0.622. The number of rotatable bonds is 3. The summed E-state index contributed by atoms with van der Waals surface area (Å²) < 4.78 is 0. The van der Waals surface area contributed by atoms with E-state index in [0.717, 1.165) is 23.0 Å². The maximum atomic E-state index is 5.57. The van der Waals surface area contributed by atoms with Crippen molar-refractivity contribution in [1.29, 1.82) is 0 Å². The summed E-state index contributed by atoms with van der Waals surface area (Å²) in [7, 11) is 0. The van der Waals surface area contributed by atoms with E-state index in [1.807, 2.05) is 18.3 Å². The van der Waals surface area contributed by atoms with Gasteiger partial charge in [0.1, 0.15) is 16.5 Å². The molecule has 0 spiro atoms. The molecule has 0 amide bonds. The quantitative estimate of drug-likeness (QED) is 0.890. The monoisotopic (exact) mass is 262 g/mol. The van der Waals surface area contributed by atoms with Gasteiger partial charge in [0.25, 0.3) is 0 Å². The van der Waals surface area contributed by atoms with E-state index in [9.17, 15) is 0 Å². The number of aryl methyl sites for hydroxylation is 3. The van der Waals surface area contributed by atoms with Crippen molar-refractivity contribution in [3.63, 3.8) is 0 Å². The first-order chi connectivity index (χ1) is 8.79. The molecule has 2 aromatic heterocycles. The van der Waals surface area contributed by atoms with Crippen molar-refractivity contribution in [3.8, 4) is 0 Å². The van der Waals surface area contributed by atoms with Crippen LogP contribution in [0.15, 0.2) is 0 Å². The van der Waals surface area contributed by atoms with Crippen LogP contribution < -0.4 is 11.1 Å². The SMILES string of the molecule is Cc1nc(NCCN)c2c3c(sc2n1)CCCC3. The van der Waals surface area contributed by atoms with E-state index in [0.29, 0.717) is 6.54 Å². The lowest BCUT2D eigenvalue weighted by Gasteiger charge is -2.12. The highest BCUT2D eigenvalue weighted by Crippen LogP contribution is 2.38. The van der Waals surface area contributed by atoms with Gasteiger partial charge in [-0.25, -0.2) is 9.97 Å². The molecule has 0 saturated carbocycles. The first kappa shape index (κ1) is 11.9. The van der Waals surface area contributed by atoms with Crippen LogP contribution in [-0.2, 0) is 12.8 Å². The third-order valence-electron chi connectivity index (χ3n) is 3.36. The lowest BCUT2D eigenvalue weighted by atomic mass is 9.97. The highest BCUT2D eigenvalue weighted by Gasteiger charge is 2.20. The number of aromatic nitrogens is 2. The Kier molecular flexibility index (Phi) is 3.18. The largest absolute Gasteiger partial charge is 0.368 e. The summed E-state index contributed by atoms with van der Waals surface area (Å²) >= 11 is 1.84. The Balaban J connectivity index is 2.16. The fourth-order valence-electron chi connectivity index (χ4n) is 2.58. The van der Waals surface area contributed by atoms with Crippen molar-refractivity contribution in [2.24, 2.45) is 5.73 Å². The molecular weight excluding hydrogens is 244 g/mol. The van der Waals surface area contributed by atoms with Crippen molar-refractivity contribution in [2.45, 2.75) is 32.6 Å². The Hall–Kier alpha value is -1.20. The average molecular weight is 262 g/mol. The Morgan fingerprint density at radius 1 is 1.28 bits per heavy atom. The van der Waals surface area contributed by atoms with Crippen LogP contribution in [0.3, 0.4) is 0 Å². The zero-order valence-electron chi connectivity index (χ0n) is 10.6. The fraction of sp³-hybridized carbons (Fsp3) is 0.538. The highest BCUT2D eigenvalue weighted by molar-refractivity contribution is 7.19. The van der Waals surface area contributed by atoms with E-state index < -0.39 is 0 Å². The molecule has 96 valence electrons. The third kappa shape index (κ3) is 1.97. The zero-order valence-corrected chi connectivity index (χ0v) is 11.4. The highest BCUT2D eigenvalue weighted by atomic mass is 32.1. The molecule has 1 aliphatic carbocycles. The molecule has 2 aromatic rings. The van der Waals surface area contributed by atoms with Crippen molar-refractivity contribution in [3.05, 3.63) is 16.3 Å². The summed E-state index contributed by atoms with van der Waals surface area (Å²) in [6.07, 6.45) is 4.95. The summed E-state index contributed by atoms with van der Waals surface area (Å²) in [5, 5.41) is 4.59. The van der Waals surface area contributed by atoms with Crippen LogP contribution in [0.2, 0.25) is 0 Å². The van der Waals surface area contributed by atoms with Gasteiger partial charge in [0.2, 0.25) is 0 Å². The molecule has 0 unspecified atom stereocenters. The molecule has 4 nitrogen and oxygen atoms in total. The fourth-order valence-corrected chi connectivity index (χ4v) is 3.89. The third-order valence-corrected chi connectivity index (χ3v) is 4.55. The first-order valence-corrected chi connectivity index (χ1v) is 7.34. The summed E-state index contributed by atoms with van der Waals surface area (Å²) in [6, 6.07) is 0. The number of nitrogens with one attached hydrogen (secondary N) is 1. The standard InChI is InChI=1S/C13H18N4S/c1-8-16-12(15-7-6-14)11-9-4-2-3-5-10(9)18-13(11)17-8/h2-7,14H2,1H3,(H,15,16,17). The molecule has 18 heavy (non-hydrogen) atoms. The summed E-state index contributed by atoms with van der Waals surface area (Å²) in [6.45, 7) is 3.33. The molecule has 0 bridgehead atoms. The summed E-state index contributed by atoms with van der Waals surface area (Å²) in [4.78, 5) is 11.8. The molecule has 2 heterocycles. The maximum absolute atomic E-state index is 5.57. The Morgan fingerprint density at radius 3 is 2.94 bits per heavy atom. The van der Waals surface area contributed by atoms with Gasteiger partial charge in [0, 0.05) is 18.0 Å². The van der Waals surface area contributed by atoms with Crippen molar-refractivity contribution < 1.29 is 0 Å². The second-order valence-electron chi connectivity index (χ2n) is 4.73. The van der Waals surface area contributed by atoms with Gasteiger partial charge in [-0.05, 0) is 38.2 Å². The second-order valence-corrected chi connectivity index (χ2v) is 5.81. The Morgan fingerprint density at radius 2 is 2.11 bits per heavy atom. The maximum Gasteiger partial charge on any atom is 0.138 e. The molecule has 5 heteroatoms. The number of nitrogens with two attached hydrogens (primary N) is 1. The topological polar surface area (TPSA) is 63.8 Å². The molecule has 1 aliphatic rings. The molecule has 0 aromatic carbocycles. The van der Waals surface area contributed by atoms with Gasteiger partial charge in [-0.1, -0.05) is 0 Å². The van der Waals surface area contributed by atoms with E-state index in [1.165, 1.54) is 41.5 Å². The number of anilines is 1. The van der Waals surface area contributed by atoms with E-state index in [2.05, 4.69) is 15.3 Å². The number of nitrogens with zero attached hydrogens (tertiary/aromatic N) is 2. The summed E-state index contributed by atoms with van der Waals surface area (Å²) in [5.41, 5.74) is 7.04. The number of thiophene rings is 1. The Bertz CT molecular complexity index is 576. The molecule has 0 aliphatic heterocycles. The van der Waals surface area contributed by atoms with Crippen LogP contribution in [0.25, 0.3) is 10.2 Å². The van der Waals surface area contributed by atoms with Crippen LogP contribution >= 0.6 is 11.3 Å². The lowest BCUT2D eigenvalue weighted by molar-refractivity contribution is 0.700. The van der Waals surface area contributed by atoms with Gasteiger partial charge in [-0.15, -0.1) is 11.3 Å². The second kappa shape index (κ2) is 4.82. The van der Waals surface area contributed by atoms with Gasteiger partial charge >= 0.3 is 0 Å². The molecular formula is C13H18N4S. The van der Waals surface area contributed by atoms with Gasteiger partial charge in [0.15, 0.2) is 0 Å². The van der Waals surface area contributed by atoms with E-state index in [-0.39, 0.29) is 0 Å². The normalized spacial score (nSPS) is 14.8. The van der Waals surface area contributed by atoms with E-state index in [4.69, 9.17) is 5.73 Å². The van der Waals surface area contributed by atoms with Gasteiger partial charge in [-0.3, -0.25) is 0 Å². The average Bonchev–Trinajstić information content (AvgIpc) is 2.73. The molecule has 3 N–H and O–H groups in total. The first-order valence-electron chi connectivity index (χ1n) is 6.52. The zero-order chi connectivity index (χ0) is 12.5. The van der Waals surface area contributed by atoms with Crippen molar-refractivity contribution in [1.82, 2.24) is 9.97 Å². The predicted octanol–water partition coefficient (Wildman–Crippen LogP) is 2.25. The predicted molar refractivity (Wildman–Crippen MR) is 76.3 cm³/mol. The number of hydrogen-bond donors (Lipinski definition) is 2. The smallest absolute Gasteiger partial charge is 0.138 e. The van der Waals surface area contributed by atoms with Crippen LogP contribution in [0.4, 0.5) is 5.82 Å². The van der Waals surface area contributed by atoms with Crippen LogP contribution in [0, 0.1) is 6.92 Å². The van der Waals surface area contributed by atoms with Crippen LogP contribution in [0.5, 0.6) is 0 Å². The molecule has 0 saturated heterocycles. The van der Waals surface area contributed by atoms with Crippen LogP contribution in [0.1, 0.15) is 29.1 Å². The van der Waals surface area contributed by atoms with E-state index >= 15 is 0 Å². The van der Waals surface area contributed by atoms with Crippen molar-refractivity contribution >= 4 is 27.4 Å². The lowest BCUT2D eigenvalue weighted by Crippen LogP contribution is -2.14. The van der Waals surface area contributed by atoms with Gasteiger partial charge < -0.3 is 11.1 Å². The molecule has 0 atom stereocenters. The van der Waals surface area contributed by atoms with Crippen LogP contribution in [-0.4, -0.2) is 23.1 Å². The summed E-state index contributed by atoms with van der Waals surface area (Å²) in [5.74, 6) is 1.81. The van der Waals surface area contributed by atoms with Crippen molar-refractivity contribution in [2.75, 3.05) is 18.4 Å². The number of hydrogen-bond acceptors (Lipinski definition) is 5. The minimum atomic E-state index is 0.622. The van der Waals surface area contributed by atoms with Gasteiger partial charge in [-0.2, -0.15) is 0 Å². The molecule has 0 radical (unpaired) electrons. The molecule has 0 fully saturated rings. The van der Waals surface area contributed by atoms with E-state index in [1.54, 1.807) is 0 Å².